The average Bonchev–Trinajstić information content (AvgIpc) is 2.75. The number of carboxylic acid groups (broad SMARTS) is 1. The Labute approximate surface area is 113 Å². The van der Waals surface area contributed by atoms with Gasteiger partial charge in [-0.2, -0.15) is 4.31 Å². The summed E-state index contributed by atoms with van der Waals surface area (Å²) in [4.78, 5) is 24.2. The van der Waals surface area contributed by atoms with E-state index in [1.54, 1.807) is 0 Å². The van der Waals surface area contributed by atoms with Crippen LogP contribution in [0.5, 0.6) is 0 Å². The Morgan fingerprint density at radius 2 is 2.05 bits per heavy atom. The van der Waals surface area contributed by atoms with Crippen LogP contribution in [0.15, 0.2) is 0 Å². The van der Waals surface area contributed by atoms with Crippen molar-refractivity contribution in [2.75, 3.05) is 26.4 Å². The third-order valence-corrected chi connectivity index (χ3v) is 4.55. The van der Waals surface area contributed by atoms with Crippen LogP contribution >= 0.6 is 0 Å². The first-order valence-corrected chi connectivity index (χ1v) is 7.94. The van der Waals surface area contributed by atoms with Crippen LogP contribution in [0.4, 0.5) is 0 Å². The number of hydrogen-bond donors (Lipinski definition) is 1. The number of nitrogens with zero attached hydrogens (tertiary/aromatic N) is 2. The minimum Gasteiger partial charge on any atom is -0.481 e. The highest BCUT2D eigenvalue weighted by molar-refractivity contribution is 7.88. The minimum absolute atomic E-state index is 0.0717. The number of aliphatic carboxylic acids is 1. The van der Waals surface area contributed by atoms with Crippen LogP contribution in [-0.4, -0.2) is 67.0 Å². The third kappa shape index (κ3) is 3.90. The van der Waals surface area contributed by atoms with Gasteiger partial charge >= 0.3 is 5.97 Å². The predicted octanol–water partition coefficient (Wildman–Crippen LogP) is -0.410. The highest BCUT2D eigenvalue weighted by Crippen LogP contribution is 2.22. The van der Waals surface area contributed by atoms with Gasteiger partial charge in [-0.3, -0.25) is 9.59 Å². The highest BCUT2D eigenvalue weighted by atomic mass is 32.2. The van der Waals surface area contributed by atoms with E-state index in [9.17, 15) is 18.0 Å². The maximum Gasteiger partial charge on any atom is 0.308 e. The largest absolute Gasteiger partial charge is 0.481 e. The van der Waals surface area contributed by atoms with Crippen LogP contribution in [-0.2, 0) is 19.6 Å². The fourth-order valence-corrected chi connectivity index (χ4v) is 3.34. The van der Waals surface area contributed by atoms with Gasteiger partial charge in [-0.05, 0) is 12.8 Å². The molecule has 0 aliphatic carbocycles. The van der Waals surface area contributed by atoms with E-state index in [0.717, 1.165) is 6.26 Å². The molecule has 0 saturated carbocycles. The molecule has 1 aliphatic rings. The number of amides is 1. The summed E-state index contributed by atoms with van der Waals surface area (Å²) in [5.74, 6) is -2.00. The third-order valence-electron chi connectivity index (χ3n) is 3.26. The summed E-state index contributed by atoms with van der Waals surface area (Å²) in [5, 5.41) is 8.81. The number of likely N-dealkylation sites (N-methyl/N-ethyl adjacent to an activating group) is 1. The summed E-state index contributed by atoms with van der Waals surface area (Å²) < 4.78 is 24.3. The molecule has 19 heavy (non-hydrogen) atoms. The molecule has 8 heteroatoms. The van der Waals surface area contributed by atoms with Crippen molar-refractivity contribution < 1.29 is 23.1 Å². The summed E-state index contributed by atoms with van der Waals surface area (Å²) in [7, 11) is -1.90. The van der Waals surface area contributed by atoms with Gasteiger partial charge in [0.25, 0.3) is 0 Å². The molecule has 7 nitrogen and oxygen atoms in total. The smallest absolute Gasteiger partial charge is 0.308 e. The van der Waals surface area contributed by atoms with Crippen molar-refractivity contribution >= 4 is 21.9 Å². The molecule has 1 fully saturated rings. The molecule has 0 aromatic rings. The fraction of sp³-hybridized carbons (Fsp3) is 0.818. The van der Waals surface area contributed by atoms with E-state index >= 15 is 0 Å². The molecule has 1 rings (SSSR count). The molecule has 1 heterocycles. The molecule has 110 valence electrons. The molecule has 2 unspecified atom stereocenters. The summed E-state index contributed by atoms with van der Waals surface area (Å²) in [5.41, 5.74) is 0. The quantitative estimate of drug-likeness (QED) is 0.743. The molecule has 1 aliphatic heterocycles. The second kappa shape index (κ2) is 5.87. The molecule has 0 aromatic heterocycles. The fourth-order valence-electron chi connectivity index (χ4n) is 2.22. The molecule has 0 spiro atoms. The van der Waals surface area contributed by atoms with E-state index in [1.807, 2.05) is 0 Å². The van der Waals surface area contributed by atoms with Crippen LogP contribution < -0.4 is 0 Å². The molecule has 1 N–H and O–H groups in total. The molecule has 0 radical (unpaired) electrons. The zero-order valence-electron chi connectivity index (χ0n) is 11.4. The number of hydrogen-bond acceptors (Lipinski definition) is 4. The molecule has 1 saturated heterocycles. The number of carboxylic acids is 1. The van der Waals surface area contributed by atoms with E-state index in [-0.39, 0.29) is 12.5 Å². The lowest BCUT2D eigenvalue weighted by Crippen LogP contribution is -2.47. The number of carbonyl (C=O) groups is 2. The van der Waals surface area contributed by atoms with Crippen molar-refractivity contribution in [2.45, 2.75) is 25.8 Å². The Hall–Kier alpha value is -1.15. The molecular formula is C11H20N2O5S. The van der Waals surface area contributed by atoms with E-state index in [2.05, 4.69) is 0 Å². The average molecular weight is 292 g/mol. The van der Waals surface area contributed by atoms with Gasteiger partial charge < -0.3 is 10.0 Å². The van der Waals surface area contributed by atoms with Crippen LogP contribution in [0.3, 0.4) is 0 Å². The number of rotatable bonds is 5. The number of carbonyl (C=O) groups excluding carboxylic acids is 1. The standard InChI is InChI=1S/C11H20N2O5S/c1-8(11(15)16)7-12(2)10(14)9-5-4-6-13(9)19(3,17)18/h8-9H,4-7H2,1-3H3,(H,15,16). The zero-order chi connectivity index (χ0) is 14.8. The van der Waals surface area contributed by atoms with Gasteiger partial charge in [0.1, 0.15) is 6.04 Å². The van der Waals surface area contributed by atoms with Gasteiger partial charge in [-0.25, -0.2) is 8.42 Å². The van der Waals surface area contributed by atoms with E-state index in [0.29, 0.717) is 19.4 Å². The number of sulfonamides is 1. The van der Waals surface area contributed by atoms with Crippen LogP contribution in [0, 0.1) is 5.92 Å². The first-order valence-electron chi connectivity index (χ1n) is 6.09. The van der Waals surface area contributed by atoms with Gasteiger partial charge in [0.05, 0.1) is 12.2 Å². The van der Waals surface area contributed by atoms with Gasteiger partial charge in [0.15, 0.2) is 0 Å². The summed E-state index contributed by atoms with van der Waals surface area (Å²) in [6.45, 7) is 1.93. The van der Waals surface area contributed by atoms with Crippen molar-refractivity contribution in [1.82, 2.24) is 9.21 Å². The van der Waals surface area contributed by atoms with E-state index in [4.69, 9.17) is 5.11 Å². The second-order valence-corrected chi connectivity index (χ2v) is 6.92. The van der Waals surface area contributed by atoms with Gasteiger partial charge in [-0.1, -0.05) is 6.92 Å². The lowest BCUT2D eigenvalue weighted by atomic mass is 10.1. The van der Waals surface area contributed by atoms with Gasteiger partial charge in [0, 0.05) is 20.1 Å². The normalized spacial score (nSPS) is 22.2. The van der Waals surface area contributed by atoms with Crippen molar-refractivity contribution in [1.29, 1.82) is 0 Å². The highest BCUT2D eigenvalue weighted by Gasteiger charge is 2.38. The predicted molar refractivity (Wildman–Crippen MR) is 69.0 cm³/mol. The lowest BCUT2D eigenvalue weighted by molar-refractivity contribution is -0.143. The molecule has 1 amide bonds. The SMILES string of the molecule is CC(CN(C)C(=O)C1CCCN1S(C)(=O)=O)C(=O)O. The maximum absolute atomic E-state index is 12.2. The summed E-state index contributed by atoms with van der Waals surface area (Å²) in [6.07, 6.45) is 2.21. The Kier molecular flexibility index (Phi) is 4.92. The summed E-state index contributed by atoms with van der Waals surface area (Å²) in [6, 6.07) is -0.694. The molecule has 0 bridgehead atoms. The van der Waals surface area contributed by atoms with Crippen LogP contribution in [0.25, 0.3) is 0 Å². The molecule has 2 atom stereocenters. The van der Waals surface area contributed by atoms with E-state index < -0.39 is 28.0 Å². The first kappa shape index (κ1) is 15.9. The summed E-state index contributed by atoms with van der Waals surface area (Å²) >= 11 is 0. The van der Waals surface area contributed by atoms with Crippen LogP contribution in [0.2, 0.25) is 0 Å². The first-order chi connectivity index (χ1) is 8.64. The lowest BCUT2D eigenvalue weighted by Gasteiger charge is -2.27. The topological polar surface area (TPSA) is 95.0 Å². The minimum atomic E-state index is -3.41. The molecule has 0 aromatic carbocycles. The van der Waals surface area contributed by atoms with Gasteiger partial charge in [-0.15, -0.1) is 0 Å². The molecular weight excluding hydrogens is 272 g/mol. The Balaban J connectivity index is 2.74. The monoisotopic (exact) mass is 292 g/mol. The Morgan fingerprint density at radius 1 is 1.47 bits per heavy atom. The Morgan fingerprint density at radius 3 is 2.53 bits per heavy atom. The maximum atomic E-state index is 12.2. The second-order valence-electron chi connectivity index (χ2n) is 4.99. The zero-order valence-corrected chi connectivity index (χ0v) is 12.2. The van der Waals surface area contributed by atoms with Gasteiger partial charge in [0.2, 0.25) is 15.9 Å². The van der Waals surface area contributed by atoms with Crippen molar-refractivity contribution in [2.24, 2.45) is 5.92 Å². The van der Waals surface area contributed by atoms with Crippen molar-refractivity contribution in [3.63, 3.8) is 0 Å². The van der Waals surface area contributed by atoms with Crippen molar-refractivity contribution in [3.05, 3.63) is 0 Å². The van der Waals surface area contributed by atoms with E-state index in [1.165, 1.54) is 23.2 Å². The van der Waals surface area contributed by atoms with Crippen molar-refractivity contribution in [3.8, 4) is 0 Å². The van der Waals surface area contributed by atoms with Crippen LogP contribution in [0.1, 0.15) is 19.8 Å². The Bertz CT molecular complexity index is 462.